The maximum Gasteiger partial charge on any atom is 0.258 e. The number of rotatable bonds is 5. The van der Waals surface area contributed by atoms with Gasteiger partial charge < -0.3 is 14.2 Å². The van der Waals surface area contributed by atoms with Gasteiger partial charge in [-0.1, -0.05) is 23.2 Å². The van der Waals surface area contributed by atoms with Crippen molar-refractivity contribution in [2.45, 2.75) is 25.7 Å². The van der Waals surface area contributed by atoms with Gasteiger partial charge in [0, 0.05) is 47.8 Å². The van der Waals surface area contributed by atoms with Crippen LogP contribution in [0.25, 0.3) is 17.3 Å². The molecule has 0 bridgehead atoms. The van der Waals surface area contributed by atoms with Gasteiger partial charge in [0.05, 0.1) is 33.8 Å². The number of aryl methyl sites for hydroxylation is 1. The van der Waals surface area contributed by atoms with Crippen molar-refractivity contribution in [3.05, 3.63) is 75.0 Å². The Morgan fingerprint density at radius 3 is 2.41 bits per heavy atom. The van der Waals surface area contributed by atoms with Crippen molar-refractivity contribution in [1.82, 2.24) is 8.87 Å². The smallest absolute Gasteiger partial charge is 0.258 e. The Morgan fingerprint density at radius 2 is 1.73 bits per heavy atom. The highest BCUT2D eigenvalue weighted by atomic mass is 35.5. The summed E-state index contributed by atoms with van der Waals surface area (Å²) in [6.07, 6.45) is 1.85. The van der Waals surface area contributed by atoms with Gasteiger partial charge in [-0.15, -0.1) is 0 Å². The number of carbonyl (C=O) groups excluding carboxylic acids is 1. The fourth-order valence-corrected chi connectivity index (χ4v) is 6.72. The Hall–Kier alpha value is -2.62. The van der Waals surface area contributed by atoms with Crippen molar-refractivity contribution in [3.8, 4) is 5.69 Å². The first-order valence-corrected chi connectivity index (χ1v) is 14.2. The van der Waals surface area contributed by atoms with E-state index in [-0.39, 0.29) is 10.8 Å². The lowest BCUT2D eigenvalue weighted by Crippen LogP contribution is -2.40. The highest BCUT2D eigenvalue weighted by Crippen LogP contribution is 2.40. The zero-order valence-corrected chi connectivity index (χ0v) is 23.1. The summed E-state index contributed by atoms with van der Waals surface area (Å²) < 4.78 is 35.4. The monoisotopic (exact) mass is 559 g/mol. The Kier molecular flexibility index (Phi) is 6.98. The first-order valence-electron chi connectivity index (χ1n) is 12.0. The van der Waals surface area contributed by atoms with E-state index in [0.717, 1.165) is 22.6 Å². The number of morpholine rings is 1. The number of ether oxygens (including phenoxy) is 1. The molecule has 0 N–H and O–H groups in total. The summed E-state index contributed by atoms with van der Waals surface area (Å²) in [5.41, 5.74) is 5.39. The predicted molar refractivity (Wildman–Crippen MR) is 147 cm³/mol. The topological polar surface area (TPSA) is 71.9 Å². The van der Waals surface area contributed by atoms with Crippen molar-refractivity contribution < 1.29 is 17.9 Å². The summed E-state index contributed by atoms with van der Waals surface area (Å²) in [5.74, 6) is -0.155. The summed E-state index contributed by atoms with van der Waals surface area (Å²) >= 11 is 12.4. The van der Waals surface area contributed by atoms with Crippen molar-refractivity contribution in [2.75, 3.05) is 37.7 Å². The van der Waals surface area contributed by atoms with Gasteiger partial charge in [-0.05, 0) is 74.9 Å². The molecule has 0 spiro atoms. The number of hydrogen-bond donors (Lipinski definition) is 0. The van der Waals surface area contributed by atoms with E-state index < -0.39 is 10.0 Å². The van der Waals surface area contributed by atoms with Gasteiger partial charge in [0.25, 0.3) is 5.91 Å². The van der Waals surface area contributed by atoms with E-state index in [9.17, 15) is 13.2 Å². The normalized spacial score (nSPS) is 17.6. The summed E-state index contributed by atoms with van der Waals surface area (Å²) in [4.78, 5) is 15.3. The van der Waals surface area contributed by atoms with E-state index >= 15 is 0 Å². The number of halogens is 2. The molecule has 2 aliphatic heterocycles. The van der Waals surface area contributed by atoms with Gasteiger partial charge in [0.2, 0.25) is 10.0 Å². The summed E-state index contributed by atoms with van der Waals surface area (Å²) in [6, 6.07) is 12.4. The third-order valence-electron chi connectivity index (χ3n) is 6.88. The van der Waals surface area contributed by atoms with Crippen LogP contribution in [-0.4, -0.2) is 56.0 Å². The number of aromatic nitrogens is 1. The fraction of sp³-hybridized carbons (Fsp3) is 0.296. The third kappa shape index (κ3) is 4.51. The zero-order valence-electron chi connectivity index (χ0n) is 20.8. The number of hydrogen-bond acceptors (Lipinski definition) is 4. The van der Waals surface area contributed by atoms with Crippen LogP contribution in [0.5, 0.6) is 0 Å². The fourth-order valence-electron chi connectivity index (χ4n) is 5.00. The number of likely N-dealkylation sites (N-methyl/N-ethyl adjacent to an activating group) is 1. The Morgan fingerprint density at radius 1 is 1.00 bits per heavy atom. The molecule has 1 saturated heterocycles. The summed E-state index contributed by atoms with van der Waals surface area (Å²) in [5, 5.41) is 0.935. The Balaban J connectivity index is 1.60. The second kappa shape index (κ2) is 9.93. The molecule has 7 nitrogen and oxygen atoms in total. The molecule has 0 saturated carbocycles. The van der Waals surface area contributed by atoms with Gasteiger partial charge in [0.15, 0.2) is 0 Å². The SMILES string of the molecule is CCN1C(=O)/C(=C\c2cc(C)n(-c3ccc(Cl)c(Cl)c3)c2C)c2cc(S(=O)(=O)N3CCOCC3)ccc21. The van der Waals surface area contributed by atoms with Crippen LogP contribution in [0.2, 0.25) is 10.0 Å². The van der Waals surface area contributed by atoms with E-state index in [1.54, 1.807) is 35.2 Å². The molecule has 5 rings (SSSR count). The van der Waals surface area contributed by atoms with Crippen molar-refractivity contribution in [2.24, 2.45) is 0 Å². The largest absolute Gasteiger partial charge is 0.379 e. The number of amides is 1. The molecule has 0 aliphatic carbocycles. The molecular formula is C27H27Cl2N3O4S. The van der Waals surface area contributed by atoms with Crippen LogP contribution in [0.4, 0.5) is 5.69 Å². The van der Waals surface area contributed by atoms with Crippen molar-refractivity contribution in [3.63, 3.8) is 0 Å². The minimum atomic E-state index is -3.71. The predicted octanol–water partition coefficient (Wildman–Crippen LogP) is 5.33. The lowest BCUT2D eigenvalue weighted by atomic mass is 10.0. The molecule has 194 valence electrons. The number of sulfonamides is 1. The lowest BCUT2D eigenvalue weighted by Gasteiger charge is -2.26. The Labute approximate surface area is 226 Å². The number of fused-ring (bicyclic) bond motifs is 1. The van der Waals surface area contributed by atoms with Crippen LogP contribution in [0.3, 0.4) is 0 Å². The average molecular weight is 561 g/mol. The second-order valence-corrected chi connectivity index (χ2v) is 11.8. The number of anilines is 1. The summed E-state index contributed by atoms with van der Waals surface area (Å²) in [7, 11) is -3.71. The first kappa shape index (κ1) is 26.0. The molecule has 1 fully saturated rings. The van der Waals surface area contributed by atoms with Crippen LogP contribution in [0, 0.1) is 13.8 Å². The highest BCUT2D eigenvalue weighted by molar-refractivity contribution is 7.89. The molecule has 0 radical (unpaired) electrons. The summed E-state index contributed by atoms with van der Waals surface area (Å²) in [6.45, 7) is 7.68. The highest BCUT2D eigenvalue weighted by Gasteiger charge is 2.34. The number of nitrogens with zero attached hydrogens (tertiary/aromatic N) is 3. The number of benzene rings is 2. The van der Waals surface area contributed by atoms with Gasteiger partial charge >= 0.3 is 0 Å². The van der Waals surface area contributed by atoms with Gasteiger partial charge in [-0.25, -0.2) is 8.42 Å². The Bertz CT molecular complexity index is 1540. The standard InChI is InChI=1S/C27H27Cl2N3O4S/c1-4-31-26-8-6-21(37(34,35)30-9-11-36-12-10-30)16-22(26)23(27(31)33)14-19-13-17(2)32(18(19)3)20-5-7-24(28)25(29)15-20/h5-8,13-16H,4,9-12H2,1-3H3/b23-14-. The molecule has 1 aromatic heterocycles. The van der Waals surface area contributed by atoms with Crippen LogP contribution in [-0.2, 0) is 19.6 Å². The minimum absolute atomic E-state index is 0.155. The first-order chi connectivity index (χ1) is 17.6. The molecule has 3 aromatic rings. The molecule has 2 aliphatic rings. The van der Waals surface area contributed by atoms with Crippen LogP contribution in [0.15, 0.2) is 47.4 Å². The molecule has 2 aromatic carbocycles. The van der Waals surface area contributed by atoms with E-state index in [2.05, 4.69) is 0 Å². The van der Waals surface area contributed by atoms with Crippen LogP contribution in [0.1, 0.15) is 29.4 Å². The molecule has 37 heavy (non-hydrogen) atoms. The van der Waals surface area contributed by atoms with Crippen LogP contribution >= 0.6 is 23.2 Å². The van der Waals surface area contributed by atoms with Crippen LogP contribution < -0.4 is 4.90 Å². The second-order valence-electron chi connectivity index (χ2n) is 9.06. The molecule has 10 heteroatoms. The van der Waals surface area contributed by atoms with Gasteiger partial charge in [0.1, 0.15) is 0 Å². The molecule has 0 atom stereocenters. The average Bonchev–Trinajstić information content (AvgIpc) is 3.32. The quantitative estimate of drug-likeness (QED) is 0.396. The molecular weight excluding hydrogens is 533 g/mol. The molecule has 0 unspecified atom stereocenters. The number of carbonyl (C=O) groups is 1. The van der Waals surface area contributed by atoms with Gasteiger partial charge in [-0.2, -0.15) is 4.31 Å². The maximum absolute atomic E-state index is 13.5. The maximum atomic E-state index is 13.5. The van der Waals surface area contributed by atoms with E-state index in [4.69, 9.17) is 27.9 Å². The van der Waals surface area contributed by atoms with E-state index in [1.807, 2.05) is 43.5 Å². The van der Waals surface area contributed by atoms with Gasteiger partial charge in [-0.3, -0.25) is 4.79 Å². The zero-order chi connectivity index (χ0) is 26.5. The van der Waals surface area contributed by atoms with Crippen molar-refractivity contribution >= 4 is 56.5 Å². The molecule has 1 amide bonds. The molecule has 3 heterocycles. The lowest BCUT2D eigenvalue weighted by molar-refractivity contribution is -0.112. The van der Waals surface area contributed by atoms with E-state index in [0.29, 0.717) is 59.7 Å². The van der Waals surface area contributed by atoms with Crippen molar-refractivity contribution in [1.29, 1.82) is 0 Å². The van der Waals surface area contributed by atoms with E-state index in [1.165, 1.54) is 4.31 Å². The third-order valence-corrected chi connectivity index (χ3v) is 9.51. The minimum Gasteiger partial charge on any atom is -0.379 e.